The molecule has 1 atom stereocenters. The normalized spacial score (nSPS) is 16.5. The third-order valence-corrected chi connectivity index (χ3v) is 5.41. The van der Waals surface area contributed by atoms with Crippen molar-refractivity contribution in [3.8, 4) is 0 Å². The highest BCUT2D eigenvalue weighted by molar-refractivity contribution is 8.00. The molecule has 1 unspecified atom stereocenters. The number of carbonyl (C=O) groups excluding carboxylic acids is 2. The molecule has 0 radical (unpaired) electrons. The zero-order chi connectivity index (χ0) is 19.7. The van der Waals surface area contributed by atoms with Crippen LogP contribution < -0.4 is 5.43 Å². The fraction of sp³-hybridized carbons (Fsp3) is 0.176. The zero-order valence-electron chi connectivity index (χ0n) is 14.4. The highest BCUT2D eigenvalue weighted by atomic mass is 32.2. The number of nitrogens with one attached hydrogen (secondary N) is 1. The monoisotopic (exact) mass is 398 g/mol. The van der Waals surface area contributed by atoms with Gasteiger partial charge in [0.05, 0.1) is 16.2 Å². The summed E-state index contributed by atoms with van der Waals surface area (Å²) in [5, 5.41) is 19.6. The topological polar surface area (TPSA) is 123 Å². The number of hydrazine groups is 1. The molecule has 0 saturated carbocycles. The van der Waals surface area contributed by atoms with Gasteiger partial charge >= 0.3 is 0 Å². The standard InChI is InChI=1S/C17H14N6O4S/c24-15(9-21-14-7-2-1-6-13(14)18-20-21)19-22-16(25)10-28-17(22)11-4-3-5-12(8-11)23(26)27/h1-8,17H,9-10H2,(H,19,24). The van der Waals surface area contributed by atoms with Gasteiger partial charge < -0.3 is 0 Å². The summed E-state index contributed by atoms with van der Waals surface area (Å²) >= 11 is 1.29. The zero-order valence-corrected chi connectivity index (χ0v) is 15.2. The van der Waals surface area contributed by atoms with Gasteiger partial charge in [-0.1, -0.05) is 29.5 Å². The minimum Gasteiger partial charge on any atom is -0.272 e. The third kappa shape index (κ3) is 3.39. The van der Waals surface area contributed by atoms with Gasteiger partial charge in [-0.2, -0.15) is 0 Å². The van der Waals surface area contributed by atoms with Crippen molar-refractivity contribution in [3.63, 3.8) is 0 Å². The number of amides is 2. The Morgan fingerprint density at radius 1 is 1.29 bits per heavy atom. The largest absolute Gasteiger partial charge is 0.272 e. The quantitative estimate of drug-likeness (QED) is 0.512. The van der Waals surface area contributed by atoms with Crippen LogP contribution in [0.1, 0.15) is 10.9 Å². The van der Waals surface area contributed by atoms with Gasteiger partial charge in [-0.25, -0.2) is 9.69 Å². The number of hydrogen-bond acceptors (Lipinski definition) is 7. The van der Waals surface area contributed by atoms with Crippen LogP contribution in [0.15, 0.2) is 48.5 Å². The number of rotatable bonds is 5. The molecule has 0 bridgehead atoms. The predicted octanol–water partition coefficient (Wildman–Crippen LogP) is 1.64. The Balaban J connectivity index is 1.52. The molecule has 1 saturated heterocycles. The van der Waals surface area contributed by atoms with E-state index in [1.54, 1.807) is 24.3 Å². The lowest BCUT2D eigenvalue weighted by molar-refractivity contribution is -0.384. The summed E-state index contributed by atoms with van der Waals surface area (Å²) in [6, 6.07) is 13.3. The second-order valence-corrected chi connectivity index (χ2v) is 7.12. The van der Waals surface area contributed by atoms with Crippen molar-refractivity contribution < 1.29 is 14.5 Å². The van der Waals surface area contributed by atoms with Crippen LogP contribution in [-0.4, -0.2) is 42.5 Å². The summed E-state index contributed by atoms with van der Waals surface area (Å²) in [5.74, 6) is -0.555. The van der Waals surface area contributed by atoms with Gasteiger partial charge in [-0.3, -0.25) is 25.1 Å². The maximum absolute atomic E-state index is 12.5. The van der Waals surface area contributed by atoms with Crippen molar-refractivity contribution in [2.75, 3.05) is 5.75 Å². The van der Waals surface area contributed by atoms with E-state index in [-0.39, 0.29) is 23.9 Å². The summed E-state index contributed by atoms with van der Waals surface area (Å²) in [7, 11) is 0. The number of carbonyl (C=O) groups is 2. The van der Waals surface area contributed by atoms with E-state index in [4.69, 9.17) is 0 Å². The number of para-hydroxylation sites is 1. The van der Waals surface area contributed by atoms with Gasteiger partial charge in [0, 0.05) is 12.1 Å². The van der Waals surface area contributed by atoms with Crippen LogP contribution in [0.5, 0.6) is 0 Å². The molecule has 1 N–H and O–H groups in total. The Labute approximate surface area is 162 Å². The fourth-order valence-corrected chi connectivity index (χ4v) is 4.02. The average molecular weight is 398 g/mol. The van der Waals surface area contributed by atoms with Crippen LogP contribution in [0.2, 0.25) is 0 Å². The Kier molecular flexibility index (Phi) is 4.65. The molecular weight excluding hydrogens is 384 g/mol. The molecule has 1 aliphatic rings. The number of thioether (sulfide) groups is 1. The average Bonchev–Trinajstić information content (AvgIpc) is 3.26. The lowest BCUT2D eigenvalue weighted by Crippen LogP contribution is -2.45. The molecule has 3 aromatic rings. The Morgan fingerprint density at radius 3 is 2.93 bits per heavy atom. The van der Waals surface area contributed by atoms with Crippen LogP contribution in [0.3, 0.4) is 0 Å². The van der Waals surface area contributed by atoms with Gasteiger partial charge in [0.15, 0.2) is 0 Å². The molecular formula is C17H14N6O4S. The molecule has 2 heterocycles. The van der Waals surface area contributed by atoms with Crippen LogP contribution >= 0.6 is 11.8 Å². The molecule has 4 rings (SSSR count). The van der Waals surface area contributed by atoms with E-state index >= 15 is 0 Å². The molecule has 0 spiro atoms. The second kappa shape index (κ2) is 7.27. The smallest absolute Gasteiger partial charge is 0.269 e. The number of nitro groups is 1. The van der Waals surface area contributed by atoms with Crippen LogP contribution in [0.4, 0.5) is 5.69 Å². The number of non-ortho nitro benzene ring substituents is 1. The second-order valence-electron chi connectivity index (χ2n) is 6.05. The molecule has 1 fully saturated rings. The minimum absolute atomic E-state index is 0.0715. The lowest BCUT2D eigenvalue weighted by Gasteiger charge is -2.24. The number of fused-ring (bicyclic) bond motifs is 1. The maximum atomic E-state index is 12.5. The van der Waals surface area contributed by atoms with Crippen LogP contribution in [0, 0.1) is 10.1 Å². The minimum atomic E-state index is -0.538. The Hall–Kier alpha value is -3.47. The molecule has 2 amide bonds. The molecule has 142 valence electrons. The van der Waals surface area contributed by atoms with Gasteiger partial charge in [0.1, 0.15) is 17.4 Å². The highest BCUT2D eigenvalue weighted by Crippen LogP contribution is 2.38. The molecule has 28 heavy (non-hydrogen) atoms. The van der Waals surface area contributed by atoms with E-state index in [2.05, 4.69) is 15.7 Å². The van der Waals surface area contributed by atoms with Gasteiger partial charge in [-0.05, 0) is 17.7 Å². The Bertz CT molecular complexity index is 1080. The first-order chi connectivity index (χ1) is 13.5. The van der Waals surface area contributed by atoms with Gasteiger partial charge in [-0.15, -0.1) is 16.9 Å². The van der Waals surface area contributed by atoms with E-state index in [0.717, 1.165) is 0 Å². The summed E-state index contributed by atoms with van der Waals surface area (Å²) in [6.45, 7) is -0.114. The lowest BCUT2D eigenvalue weighted by atomic mass is 10.2. The maximum Gasteiger partial charge on any atom is 0.269 e. The van der Waals surface area contributed by atoms with E-state index in [1.165, 1.54) is 33.6 Å². The van der Waals surface area contributed by atoms with Crippen molar-refractivity contribution in [2.24, 2.45) is 0 Å². The van der Waals surface area contributed by atoms with E-state index < -0.39 is 16.2 Å². The summed E-state index contributed by atoms with van der Waals surface area (Å²) < 4.78 is 1.45. The van der Waals surface area contributed by atoms with Crippen molar-refractivity contribution >= 4 is 40.3 Å². The fourth-order valence-electron chi connectivity index (χ4n) is 2.92. The molecule has 2 aromatic carbocycles. The van der Waals surface area contributed by atoms with E-state index in [0.29, 0.717) is 16.6 Å². The van der Waals surface area contributed by atoms with Crippen LogP contribution in [0.25, 0.3) is 11.0 Å². The first-order valence-corrected chi connectivity index (χ1v) is 9.33. The molecule has 10 nitrogen and oxygen atoms in total. The molecule has 0 aliphatic carbocycles. The van der Waals surface area contributed by atoms with E-state index in [1.807, 2.05) is 12.1 Å². The Morgan fingerprint density at radius 2 is 2.11 bits per heavy atom. The number of nitrogens with zero attached hydrogens (tertiary/aromatic N) is 5. The molecule has 1 aliphatic heterocycles. The van der Waals surface area contributed by atoms with Crippen molar-refractivity contribution in [2.45, 2.75) is 11.9 Å². The highest BCUT2D eigenvalue weighted by Gasteiger charge is 2.35. The predicted molar refractivity (Wildman–Crippen MR) is 101 cm³/mol. The SMILES string of the molecule is O=C(Cn1nnc2ccccc21)NN1C(=O)CSC1c1cccc([N+](=O)[O-])c1. The summed E-state index contributed by atoms with van der Waals surface area (Å²) in [5.41, 5.74) is 4.46. The number of benzene rings is 2. The molecule has 1 aromatic heterocycles. The van der Waals surface area contributed by atoms with Gasteiger partial charge in [0.2, 0.25) is 0 Å². The first-order valence-electron chi connectivity index (χ1n) is 8.28. The number of nitro benzene ring substituents is 1. The summed E-state index contributed by atoms with van der Waals surface area (Å²) in [4.78, 5) is 35.3. The number of aromatic nitrogens is 3. The van der Waals surface area contributed by atoms with Crippen molar-refractivity contribution in [1.29, 1.82) is 0 Å². The van der Waals surface area contributed by atoms with E-state index in [9.17, 15) is 19.7 Å². The summed E-state index contributed by atoms with van der Waals surface area (Å²) in [6.07, 6.45) is 0. The molecule has 11 heteroatoms. The number of hydrogen-bond donors (Lipinski definition) is 1. The van der Waals surface area contributed by atoms with Crippen molar-refractivity contribution in [1.82, 2.24) is 25.4 Å². The van der Waals surface area contributed by atoms with Crippen molar-refractivity contribution in [3.05, 3.63) is 64.2 Å². The first kappa shape index (κ1) is 17.9. The van der Waals surface area contributed by atoms with Gasteiger partial charge in [0.25, 0.3) is 17.5 Å². The third-order valence-electron chi connectivity index (χ3n) is 4.19. The van der Waals surface area contributed by atoms with Crippen LogP contribution in [-0.2, 0) is 16.1 Å².